The maximum absolute atomic E-state index is 6.07. The van der Waals surface area contributed by atoms with Crippen LogP contribution in [-0.4, -0.2) is 19.7 Å². The van der Waals surface area contributed by atoms with Gasteiger partial charge in [0, 0.05) is 5.69 Å². The molecule has 0 unspecified atom stereocenters. The molecule has 0 aliphatic rings. The highest BCUT2D eigenvalue weighted by atomic mass is 35.5. The predicted octanol–water partition coefficient (Wildman–Crippen LogP) is 2.08. The second-order valence-corrected chi connectivity index (χ2v) is 4.22. The highest BCUT2D eigenvalue weighted by Crippen LogP contribution is 2.22. The summed E-state index contributed by atoms with van der Waals surface area (Å²) < 4.78 is 1.72. The van der Waals surface area contributed by atoms with E-state index in [0.717, 1.165) is 17.8 Å². The lowest BCUT2D eigenvalue weighted by Gasteiger charge is -2.06. The zero-order chi connectivity index (χ0) is 12.6. The first-order chi connectivity index (χ1) is 8.04. The van der Waals surface area contributed by atoms with Crippen LogP contribution in [0.25, 0.3) is 5.82 Å². The van der Waals surface area contributed by atoms with Crippen molar-refractivity contribution in [3.8, 4) is 5.82 Å². The monoisotopic (exact) mass is 251 g/mol. The van der Waals surface area contributed by atoms with E-state index in [9.17, 15) is 0 Å². The van der Waals surface area contributed by atoms with Gasteiger partial charge in [0.2, 0.25) is 5.95 Å². The number of rotatable bonds is 2. The maximum Gasteiger partial charge on any atom is 0.222 e. The number of anilines is 1. The minimum Gasteiger partial charge on any atom is -0.368 e. The van der Waals surface area contributed by atoms with Crippen LogP contribution in [-0.2, 0) is 6.42 Å². The summed E-state index contributed by atoms with van der Waals surface area (Å²) in [4.78, 5) is 7.97. The second kappa shape index (κ2) is 4.33. The van der Waals surface area contributed by atoms with Gasteiger partial charge in [0.05, 0.1) is 11.9 Å². The molecule has 17 heavy (non-hydrogen) atoms. The Morgan fingerprint density at radius 2 is 2.12 bits per heavy atom. The van der Waals surface area contributed by atoms with Crippen LogP contribution in [0.3, 0.4) is 0 Å². The van der Waals surface area contributed by atoms with Crippen LogP contribution in [0.1, 0.15) is 23.9 Å². The lowest BCUT2D eigenvalue weighted by atomic mass is 10.1. The first kappa shape index (κ1) is 11.9. The van der Waals surface area contributed by atoms with Crippen LogP contribution in [0, 0.1) is 13.8 Å². The fourth-order valence-corrected chi connectivity index (χ4v) is 2.08. The Balaban J connectivity index is 2.64. The van der Waals surface area contributed by atoms with Crippen LogP contribution < -0.4 is 5.73 Å². The Bertz CT molecular complexity index is 561. The van der Waals surface area contributed by atoms with Gasteiger partial charge in [-0.15, -0.1) is 0 Å². The number of nitrogens with two attached hydrogens (primary N) is 1. The fourth-order valence-electron chi connectivity index (χ4n) is 1.91. The van der Waals surface area contributed by atoms with Crippen LogP contribution in [0.2, 0.25) is 5.02 Å². The second-order valence-electron chi connectivity index (χ2n) is 3.81. The van der Waals surface area contributed by atoms with Gasteiger partial charge in [-0.05, 0) is 25.8 Å². The van der Waals surface area contributed by atoms with Gasteiger partial charge in [-0.2, -0.15) is 10.1 Å². The van der Waals surface area contributed by atoms with Crippen molar-refractivity contribution < 1.29 is 0 Å². The van der Waals surface area contributed by atoms with Gasteiger partial charge >= 0.3 is 0 Å². The number of aromatic nitrogens is 4. The van der Waals surface area contributed by atoms with Crippen molar-refractivity contribution in [2.24, 2.45) is 0 Å². The van der Waals surface area contributed by atoms with E-state index in [1.54, 1.807) is 4.68 Å². The Hall–Kier alpha value is -1.62. The van der Waals surface area contributed by atoms with E-state index in [4.69, 9.17) is 17.3 Å². The molecule has 0 saturated carbocycles. The third-order valence-corrected chi connectivity index (χ3v) is 3.01. The third-order valence-electron chi connectivity index (χ3n) is 2.74. The standard InChI is InChI=1S/C11H14ClN5/c1-4-8-6(2)16-17(7(8)3)10-9(12)5-14-11(13)15-10/h5H,4H2,1-3H3,(H2,13,14,15). The average Bonchev–Trinajstić information content (AvgIpc) is 2.57. The van der Waals surface area contributed by atoms with Gasteiger partial charge in [0.25, 0.3) is 0 Å². The van der Waals surface area contributed by atoms with Crippen molar-refractivity contribution in [3.05, 3.63) is 28.2 Å². The molecule has 0 bridgehead atoms. The fraction of sp³-hybridized carbons (Fsp3) is 0.364. The number of halogens is 1. The first-order valence-corrected chi connectivity index (χ1v) is 5.75. The Morgan fingerprint density at radius 3 is 2.71 bits per heavy atom. The van der Waals surface area contributed by atoms with Gasteiger partial charge in [0.15, 0.2) is 5.82 Å². The SMILES string of the molecule is CCc1c(C)nn(-c2nc(N)ncc2Cl)c1C. The molecule has 2 N–H and O–H groups in total. The molecule has 2 aromatic heterocycles. The molecule has 90 valence electrons. The predicted molar refractivity (Wildman–Crippen MR) is 67.4 cm³/mol. The summed E-state index contributed by atoms with van der Waals surface area (Å²) in [6.07, 6.45) is 2.41. The lowest BCUT2D eigenvalue weighted by Crippen LogP contribution is -2.06. The maximum atomic E-state index is 6.07. The molecule has 0 aromatic carbocycles. The number of hydrogen-bond donors (Lipinski definition) is 1. The van der Waals surface area contributed by atoms with E-state index < -0.39 is 0 Å². The molecule has 0 aliphatic carbocycles. The van der Waals surface area contributed by atoms with Crippen LogP contribution >= 0.6 is 11.6 Å². The highest BCUT2D eigenvalue weighted by molar-refractivity contribution is 6.32. The molecule has 0 fully saturated rings. The molecular weight excluding hydrogens is 238 g/mol. The summed E-state index contributed by atoms with van der Waals surface area (Å²) in [6, 6.07) is 0. The lowest BCUT2D eigenvalue weighted by molar-refractivity contribution is 0.802. The molecule has 0 radical (unpaired) electrons. The minimum absolute atomic E-state index is 0.190. The molecular formula is C11H14ClN5. The molecule has 2 rings (SSSR count). The van der Waals surface area contributed by atoms with Crippen molar-refractivity contribution in [2.45, 2.75) is 27.2 Å². The number of nitrogens with zero attached hydrogens (tertiary/aromatic N) is 4. The van der Waals surface area contributed by atoms with Crippen molar-refractivity contribution in [3.63, 3.8) is 0 Å². The summed E-state index contributed by atoms with van der Waals surface area (Å²) in [7, 11) is 0. The van der Waals surface area contributed by atoms with Crippen molar-refractivity contribution >= 4 is 17.5 Å². The van der Waals surface area contributed by atoms with E-state index in [0.29, 0.717) is 10.8 Å². The van der Waals surface area contributed by atoms with E-state index >= 15 is 0 Å². The molecule has 6 heteroatoms. The largest absolute Gasteiger partial charge is 0.368 e. The molecule has 0 atom stereocenters. The molecule has 0 spiro atoms. The zero-order valence-electron chi connectivity index (χ0n) is 10.0. The Morgan fingerprint density at radius 1 is 1.41 bits per heavy atom. The molecule has 0 aliphatic heterocycles. The molecule has 0 saturated heterocycles. The smallest absolute Gasteiger partial charge is 0.222 e. The number of aryl methyl sites for hydroxylation is 1. The molecule has 2 heterocycles. The molecule has 0 amide bonds. The summed E-state index contributed by atoms with van der Waals surface area (Å²) in [5.74, 6) is 0.717. The number of hydrogen-bond acceptors (Lipinski definition) is 4. The van der Waals surface area contributed by atoms with E-state index in [2.05, 4.69) is 22.0 Å². The topological polar surface area (TPSA) is 69.6 Å². The van der Waals surface area contributed by atoms with Crippen molar-refractivity contribution in [1.82, 2.24) is 19.7 Å². The number of nitrogen functional groups attached to an aromatic ring is 1. The van der Waals surface area contributed by atoms with Gasteiger partial charge in [0.1, 0.15) is 5.02 Å². The molecule has 5 nitrogen and oxygen atoms in total. The minimum atomic E-state index is 0.190. The average molecular weight is 252 g/mol. The summed E-state index contributed by atoms with van der Waals surface area (Å²) in [6.45, 7) is 6.06. The van der Waals surface area contributed by atoms with Gasteiger partial charge in [-0.1, -0.05) is 18.5 Å². The highest BCUT2D eigenvalue weighted by Gasteiger charge is 2.14. The van der Waals surface area contributed by atoms with Crippen LogP contribution in [0.5, 0.6) is 0 Å². The van der Waals surface area contributed by atoms with Crippen molar-refractivity contribution in [2.75, 3.05) is 5.73 Å². The Labute approximate surface area is 105 Å². The van der Waals surface area contributed by atoms with Crippen LogP contribution in [0.4, 0.5) is 5.95 Å². The van der Waals surface area contributed by atoms with Gasteiger partial charge in [-0.25, -0.2) is 9.67 Å². The quantitative estimate of drug-likeness (QED) is 0.887. The first-order valence-electron chi connectivity index (χ1n) is 5.38. The van der Waals surface area contributed by atoms with Gasteiger partial charge in [-0.3, -0.25) is 0 Å². The summed E-state index contributed by atoms with van der Waals surface area (Å²) in [5.41, 5.74) is 8.79. The van der Waals surface area contributed by atoms with E-state index in [-0.39, 0.29) is 5.95 Å². The third kappa shape index (κ3) is 1.98. The molecule has 2 aromatic rings. The van der Waals surface area contributed by atoms with Crippen molar-refractivity contribution in [1.29, 1.82) is 0 Å². The van der Waals surface area contributed by atoms with E-state index in [1.165, 1.54) is 11.8 Å². The van der Waals surface area contributed by atoms with Gasteiger partial charge < -0.3 is 5.73 Å². The van der Waals surface area contributed by atoms with Crippen LogP contribution in [0.15, 0.2) is 6.20 Å². The normalized spacial score (nSPS) is 10.8. The summed E-state index contributed by atoms with van der Waals surface area (Å²) in [5, 5.41) is 4.88. The zero-order valence-corrected chi connectivity index (χ0v) is 10.8. The Kier molecular flexibility index (Phi) is 3.02. The van der Waals surface area contributed by atoms with E-state index in [1.807, 2.05) is 13.8 Å². The summed E-state index contributed by atoms with van der Waals surface area (Å²) >= 11 is 6.07.